The van der Waals surface area contributed by atoms with Gasteiger partial charge in [0.2, 0.25) is 0 Å². The van der Waals surface area contributed by atoms with Crippen LogP contribution in [0, 0.1) is 5.92 Å². The number of aryl methyl sites for hydroxylation is 1. The van der Waals surface area contributed by atoms with Gasteiger partial charge in [0.15, 0.2) is 0 Å². The number of benzene rings is 2. The Bertz CT molecular complexity index is 751. The van der Waals surface area contributed by atoms with Crippen molar-refractivity contribution in [3.05, 3.63) is 90.3 Å². The minimum atomic E-state index is 0.663. The average molecular weight is 345 g/mol. The van der Waals surface area contributed by atoms with E-state index >= 15 is 0 Å². The lowest BCUT2D eigenvalue weighted by Gasteiger charge is -2.13. The van der Waals surface area contributed by atoms with Crippen LogP contribution in [0.2, 0.25) is 0 Å². The molecule has 1 aromatic heterocycles. The number of rotatable bonds is 9. The predicted molar refractivity (Wildman–Crippen MR) is 110 cm³/mol. The summed E-state index contributed by atoms with van der Waals surface area (Å²) in [5.41, 5.74) is 5.23. The maximum absolute atomic E-state index is 4.19. The minimum absolute atomic E-state index is 0.663. The fourth-order valence-electron chi connectivity index (χ4n) is 3.25. The van der Waals surface area contributed by atoms with E-state index in [1.54, 1.807) is 0 Å². The van der Waals surface area contributed by atoms with Crippen LogP contribution >= 0.6 is 0 Å². The van der Waals surface area contributed by atoms with E-state index in [0.717, 1.165) is 25.9 Å². The molecule has 3 aromatic rings. The fourth-order valence-corrected chi connectivity index (χ4v) is 3.25. The van der Waals surface area contributed by atoms with Crippen molar-refractivity contribution >= 4 is 0 Å². The molecule has 26 heavy (non-hydrogen) atoms. The van der Waals surface area contributed by atoms with E-state index in [2.05, 4.69) is 77.9 Å². The summed E-state index contributed by atoms with van der Waals surface area (Å²) in [6.07, 6.45) is 7.16. The standard InChI is InChI=1S/C24H28N2/c1-20(17-22-7-3-2-4-8-22)18-25-15-5-9-21-11-13-23(14-12-21)24-10-6-16-26-19-24/h2-4,6-8,10-14,16,19-20,25H,5,9,15,17-18H2,1H3. The summed E-state index contributed by atoms with van der Waals surface area (Å²) in [5.74, 6) is 0.663. The molecule has 2 nitrogen and oxygen atoms in total. The summed E-state index contributed by atoms with van der Waals surface area (Å²) in [4.78, 5) is 4.19. The molecule has 0 aliphatic rings. The molecule has 0 fully saturated rings. The van der Waals surface area contributed by atoms with E-state index in [1.165, 1.54) is 28.7 Å². The van der Waals surface area contributed by atoms with Gasteiger partial charge in [-0.2, -0.15) is 0 Å². The molecule has 1 heterocycles. The van der Waals surface area contributed by atoms with Crippen molar-refractivity contribution < 1.29 is 0 Å². The fraction of sp³-hybridized carbons (Fsp3) is 0.292. The Morgan fingerprint density at radius 2 is 1.65 bits per heavy atom. The summed E-state index contributed by atoms with van der Waals surface area (Å²) < 4.78 is 0. The van der Waals surface area contributed by atoms with Crippen LogP contribution in [-0.2, 0) is 12.8 Å². The third kappa shape index (κ3) is 5.82. The van der Waals surface area contributed by atoms with Gasteiger partial charge >= 0.3 is 0 Å². The molecule has 0 aliphatic heterocycles. The lowest BCUT2D eigenvalue weighted by atomic mass is 10.0. The average Bonchev–Trinajstić information content (AvgIpc) is 2.70. The van der Waals surface area contributed by atoms with Crippen molar-refractivity contribution in [3.63, 3.8) is 0 Å². The van der Waals surface area contributed by atoms with E-state index in [1.807, 2.05) is 18.5 Å². The first kappa shape index (κ1) is 18.3. The molecule has 0 radical (unpaired) electrons. The van der Waals surface area contributed by atoms with Gasteiger partial charge in [-0.3, -0.25) is 4.98 Å². The second-order valence-electron chi connectivity index (χ2n) is 7.04. The molecule has 0 saturated heterocycles. The van der Waals surface area contributed by atoms with Gasteiger partial charge in [0.05, 0.1) is 0 Å². The van der Waals surface area contributed by atoms with Crippen molar-refractivity contribution in [1.82, 2.24) is 10.3 Å². The SMILES string of the molecule is CC(CNCCCc1ccc(-c2cccnc2)cc1)Cc1ccccc1. The molecular formula is C24H28N2. The largest absolute Gasteiger partial charge is 0.316 e. The van der Waals surface area contributed by atoms with Gasteiger partial charge in [-0.05, 0) is 66.6 Å². The zero-order valence-corrected chi connectivity index (χ0v) is 15.6. The zero-order chi connectivity index (χ0) is 18.0. The van der Waals surface area contributed by atoms with Gasteiger partial charge < -0.3 is 5.32 Å². The summed E-state index contributed by atoms with van der Waals surface area (Å²) in [6, 6.07) is 23.7. The highest BCUT2D eigenvalue weighted by Crippen LogP contribution is 2.18. The number of nitrogens with one attached hydrogen (secondary N) is 1. The van der Waals surface area contributed by atoms with Crippen molar-refractivity contribution in [2.45, 2.75) is 26.2 Å². The first-order valence-electron chi connectivity index (χ1n) is 9.55. The van der Waals surface area contributed by atoms with Crippen LogP contribution in [0.25, 0.3) is 11.1 Å². The van der Waals surface area contributed by atoms with Gasteiger partial charge in [0, 0.05) is 12.4 Å². The van der Waals surface area contributed by atoms with Crippen LogP contribution in [0.5, 0.6) is 0 Å². The van der Waals surface area contributed by atoms with Gasteiger partial charge in [-0.15, -0.1) is 0 Å². The van der Waals surface area contributed by atoms with Crippen molar-refractivity contribution in [3.8, 4) is 11.1 Å². The zero-order valence-electron chi connectivity index (χ0n) is 15.6. The first-order chi connectivity index (χ1) is 12.8. The number of hydrogen-bond acceptors (Lipinski definition) is 2. The third-order valence-corrected chi connectivity index (χ3v) is 4.69. The third-order valence-electron chi connectivity index (χ3n) is 4.69. The lowest BCUT2D eigenvalue weighted by Crippen LogP contribution is -2.23. The maximum atomic E-state index is 4.19. The van der Waals surface area contributed by atoms with Crippen LogP contribution < -0.4 is 5.32 Å². The van der Waals surface area contributed by atoms with Crippen LogP contribution in [-0.4, -0.2) is 18.1 Å². The Morgan fingerprint density at radius 3 is 2.38 bits per heavy atom. The highest BCUT2D eigenvalue weighted by molar-refractivity contribution is 5.62. The van der Waals surface area contributed by atoms with Crippen molar-refractivity contribution in [2.24, 2.45) is 5.92 Å². The topological polar surface area (TPSA) is 24.9 Å². The molecule has 1 atom stereocenters. The van der Waals surface area contributed by atoms with Crippen LogP contribution in [0.15, 0.2) is 79.1 Å². The predicted octanol–water partition coefficient (Wildman–Crippen LogP) is 5.15. The van der Waals surface area contributed by atoms with Crippen molar-refractivity contribution in [1.29, 1.82) is 0 Å². The second-order valence-corrected chi connectivity index (χ2v) is 7.04. The molecule has 2 aromatic carbocycles. The molecule has 3 rings (SSSR count). The number of nitrogens with zero attached hydrogens (tertiary/aromatic N) is 1. The molecule has 0 amide bonds. The van der Waals surface area contributed by atoms with E-state index in [0.29, 0.717) is 5.92 Å². The summed E-state index contributed by atoms with van der Waals surface area (Å²) >= 11 is 0. The molecule has 1 unspecified atom stereocenters. The number of pyridine rings is 1. The van der Waals surface area contributed by atoms with Gasteiger partial charge in [0.25, 0.3) is 0 Å². The quantitative estimate of drug-likeness (QED) is 0.543. The molecule has 0 bridgehead atoms. The summed E-state index contributed by atoms with van der Waals surface area (Å²) in [5, 5.41) is 3.60. The molecule has 0 spiro atoms. The van der Waals surface area contributed by atoms with Crippen LogP contribution in [0.1, 0.15) is 24.5 Å². The van der Waals surface area contributed by atoms with E-state index in [-0.39, 0.29) is 0 Å². The van der Waals surface area contributed by atoms with Crippen LogP contribution in [0.4, 0.5) is 0 Å². The van der Waals surface area contributed by atoms with Gasteiger partial charge in [0.1, 0.15) is 0 Å². The molecule has 0 saturated carbocycles. The molecular weight excluding hydrogens is 316 g/mol. The Balaban J connectivity index is 1.35. The minimum Gasteiger partial charge on any atom is -0.316 e. The van der Waals surface area contributed by atoms with Crippen LogP contribution in [0.3, 0.4) is 0 Å². The maximum Gasteiger partial charge on any atom is 0.0346 e. The smallest absolute Gasteiger partial charge is 0.0346 e. The van der Waals surface area contributed by atoms with E-state index in [4.69, 9.17) is 0 Å². The Hall–Kier alpha value is -2.45. The molecule has 2 heteroatoms. The summed E-state index contributed by atoms with van der Waals surface area (Å²) in [7, 11) is 0. The highest BCUT2D eigenvalue weighted by Gasteiger charge is 2.03. The number of hydrogen-bond donors (Lipinski definition) is 1. The monoisotopic (exact) mass is 344 g/mol. The van der Waals surface area contributed by atoms with Crippen molar-refractivity contribution in [2.75, 3.05) is 13.1 Å². The first-order valence-corrected chi connectivity index (χ1v) is 9.55. The van der Waals surface area contributed by atoms with Gasteiger partial charge in [-0.1, -0.05) is 67.6 Å². The molecule has 0 aliphatic carbocycles. The van der Waals surface area contributed by atoms with Gasteiger partial charge in [-0.25, -0.2) is 0 Å². The van der Waals surface area contributed by atoms with E-state index < -0.39 is 0 Å². The van der Waals surface area contributed by atoms with E-state index in [9.17, 15) is 0 Å². The lowest BCUT2D eigenvalue weighted by molar-refractivity contribution is 0.506. The second kappa shape index (κ2) is 9.88. The molecule has 134 valence electrons. The Kier molecular flexibility index (Phi) is 6.97. The normalized spacial score (nSPS) is 12.0. The Labute approximate surface area is 157 Å². The highest BCUT2D eigenvalue weighted by atomic mass is 14.8. The number of aromatic nitrogens is 1. The molecule has 1 N–H and O–H groups in total. The Morgan fingerprint density at radius 1 is 0.846 bits per heavy atom. The summed E-state index contributed by atoms with van der Waals surface area (Å²) in [6.45, 7) is 4.47.